The average molecular weight is 402 g/mol. The van der Waals surface area contributed by atoms with Crippen molar-refractivity contribution in [1.29, 1.82) is 0 Å². The molecular formula is C22H30N2O5. The molecule has 7 heteroatoms. The zero-order chi connectivity index (χ0) is 20.5. The number of amides is 1. The van der Waals surface area contributed by atoms with Gasteiger partial charge in [0.2, 0.25) is 0 Å². The molecule has 1 aromatic rings. The van der Waals surface area contributed by atoms with Crippen LogP contribution in [0.15, 0.2) is 18.2 Å². The summed E-state index contributed by atoms with van der Waals surface area (Å²) in [6, 6.07) is 7.32. The van der Waals surface area contributed by atoms with Crippen LogP contribution in [0.4, 0.5) is 0 Å². The van der Waals surface area contributed by atoms with Gasteiger partial charge in [-0.3, -0.25) is 14.5 Å². The van der Waals surface area contributed by atoms with Gasteiger partial charge in [0.1, 0.15) is 0 Å². The Kier molecular flexibility index (Phi) is 5.67. The number of fused-ring (bicyclic) bond motifs is 1. The largest absolute Gasteiger partial charge is 0.493 e. The molecule has 0 spiro atoms. The summed E-state index contributed by atoms with van der Waals surface area (Å²) in [5.74, 6) is 1.56. The summed E-state index contributed by atoms with van der Waals surface area (Å²) >= 11 is 0. The second-order valence-corrected chi connectivity index (χ2v) is 8.37. The predicted octanol–water partition coefficient (Wildman–Crippen LogP) is 2.22. The fraction of sp³-hybridized carbons (Fsp3) is 0.636. The normalized spacial score (nSPS) is 25.4. The maximum Gasteiger partial charge on any atom is 0.303 e. The molecule has 2 aliphatic carbocycles. The fourth-order valence-electron chi connectivity index (χ4n) is 4.58. The number of benzene rings is 1. The van der Waals surface area contributed by atoms with Gasteiger partial charge in [-0.05, 0) is 49.3 Å². The molecule has 7 nitrogen and oxygen atoms in total. The molecular weight excluding hydrogens is 372 g/mol. The summed E-state index contributed by atoms with van der Waals surface area (Å²) < 4.78 is 15.8. The number of hydrogen-bond donors (Lipinski definition) is 0. The highest BCUT2D eigenvalue weighted by atomic mass is 16.5. The second-order valence-electron chi connectivity index (χ2n) is 8.37. The standard InChI is InChI=1S/C22H30N2O5/c1-14(25)29-13-22(26)24-12-18(9-16-10-19(16)24)23(17-5-6-17)11-15-4-7-20(27-2)21(8-15)28-3/h4,7-8,16-19H,5-6,9-13H2,1-3H3. The van der Waals surface area contributed by atoms with Crippen LogP contribution in [0.5, 0.6) is 11.5 Å². The van der Waals surface area contributed by atoms with Gasteiger partial charge < -0.3 is 19.1 Å². The van der Waals surface area contributed by atoms with E-state index in [1.807, 2.05) is 17.0 Å². The van der Waals surface area contributed by atoms with Gasteiger partial charge in [0.15, 0.2) is 18.1 Å². The number of likely N-dealkylation sites (tertiary alicyclic amines) is 1. The Morgan fingerprint density at radius 3 is 2.52 bits per heavy atom. The van der Waals surface area contributed by atoms with Gasteiger partial charge in [-0.1, -0.05) is 6.07 Å². The zero-order valence-corrected chi connectivity index (χ0v) is 17.4. The van der Waals surface area contributed by atoms with Crippen LogP contribution < -0.4 is 9.47 Å². The topological polar surface area (TPSA) is 68.3 Å². The average Bonchev–Trinajstić information content (AvgIpc) is 3.62. The number of esters is 1. The van der Waals surface area contributed by atoms with Crippen molar-refractivity contribution in [3.05, 3.63) is 23.8 Å². The van der Waals surface area contributed by atoms with Crippen LogP contribution in [0.3, 0.4) is 0 Å². The molecule has 3 unspecified atom stereocenters. The van der Waals surface area contributed by atoms with Gasteiger partial charge in [0.25, 0.3) is 5.91 Å². The molecule has 0 N–H and O–H groups in total. The third kappa shape index (κ3) is 4.50. The number of methoxy groups -OCH3 is 2. The molecule has 0 aromatic heterocycles. The Bertz CT molecular complexity index is 778. The molecule has 0 bridgehead atoms. The second kappa shape index (κ2) is 8.22. The Morgan fingerprint density at radius 2 is 1.86 bits per heavy atom. The van der Waals surface area contributed by atoms with Gasteiger partial charge in [0, 0.05) is 38.1 Å². The van der Waals surface area contributed by atoms with E-state index in [9.17, 15) is 9.59 Å². The molecule has 1 heterocycles. The third-order valence-electron chi connectivity index (χ3n) is 6.29. The summed E-state index contributed by atoms with van der Waals surface area (Å²) in [6.45, 7) is 2.73. The summed E-state index contributed by atoms with van der Waals surface area (Å²) in [6.07, 6.45) is 4.61. The molecule has 2 saturated carbocycles. The summed E-state index contributed by atoms with van der Waals surface area (Å²) in [4.78, 5) is 28.2. The molecule has 1 aromatic carbocycles. The third-order valence-corrected chi connectivity index (χ3v) is 6.29. The summed E-state index contributed by atoms with van der Waals surface area (Å²) in [5, 5.41) is 0. The highest BCUT2D eigenvalue weighted by molar-refractivity contribution is 5.81. The van der Waals surface area contributed by atoms with E-state index in [1.165, 1.54) is 25.3 Å². The molecule has 29 heavy (non-hydrogen) atoms. The van der Waals surface area contributed by atoms with Gasteiger partial charge in [-0.25, -0.2) is 0 Å². The Morgan fingerprint density at radius 1 is 1.10 bits per heavy atom. The molecule has 3 aliphatic rings. The molecule has 4 rings (SSSR count). The lowest BCUT2D eigenvalue weighted by Gasteiger charge is -2.39. The highest BCUT2D eigenvalue weighted by Gasteiger charge is 2.51. The number of carbonyl (C=O) groups excluding carboxylic acids is 2. The summed E-state index contributed by atoms with van der Waals surface area (Å²) in [5.41, 5.74) is 1.19. The Balaban J connectivity index is 1.46. The number of ether oxygens (including phenoxy) is 3. The molecule has 3 atom stereocenters. The van der Waals surface area contributed by atoms with E-state index < -0.39 is 5.97 Å². The Labute approximate surface area is 171 Å². The van der Waals surface area contributed by atoms with Crippen molar-refractivity contribution in [3.8, 4) is 11.5 Å². The lowest BCUT2D eigenvalue weighted by atomic mass is 10.0. The maximum absolute atomic E-state index is 12.6. The highest BCUT2D eigenvalue weighted by Crippen LogP contribution is 2.46. The zero-order valence-electron chi connectivity index (χ0n) is 17.4. The van der Waals surface area contributed by atoms with Gasteiger partial charge in [-0.2, -0.15) is 0 Å². The molecule has 158 valence electrons. The molecule has 3 fully saturated rings. The minimum atomic E-state index is -0.410. The van der Waals surface area contributed by atoms with Crippen molar-refractivity contribution in [2.45, 2.75) is 57.3 Å². The van der Waals surface area contributed by atoms with E-state index in [0.29, 0.717) is 30.6 Å². The smallest absolute Gasteiger partial charge is 0.303 e. The van der Waals surface area contributed by atoms with Crippen LogP contribution in [0.25, 0.3) is 0 Å². The monoisotopic (exact) mass is 402 g/mol. The number of carbonyl (C=O) groups is 2. The van der Waals surface area contributed by atoms with Crippen molar-refractivity contribution in [3.63, 3.8) is 0 Å². The van der Waals surface area contributed by atoms with Crippen LogP contribution >= 0.6 is 0 Å². The van der Waals surface area contributed by atoms with Gasteiger partial charge >= 0.3 is 5.97 Å². The van der Waals surface area contributed by atoms with Crippen molar-refractivity contribution in [2.75, 3.05) is 27.4 Å². The minimum absolute atomic E-state index is 0.0701. The van der Waals surface area contributed by atoms with Crippen LogP contribution in [-0.2, 0) is 20.9 Å². The number of piperidine rings is 1. The van der Waals surface area contributed by atoms with E-state index in [0.717, 1.165) is 30.9 Å². The van der Waals surface area contributed by atoms with Crippen LogP contribution in [-0.4, -0.2) is 67.2 Å². The SMILES string of the molecule is COc1ccc(CN(C2CC2)C2CC3CC3N(C(=O)COC(C)=O)C2)cc1OC. The van der Waals surface area contributed by atoms with Crippen molar-refractivity contribution in [2.24, 2.45) is 5.92 Å². The van der Waals surface area contributed by atoms with Crippen LogP contribution in [0.2, 0.25) is 0 Å². The first-order valence-corrected chi connectivity index (χ1v) is 10.4. The van der Waals surface area contributed by atoms with E-state index in [-0.39, 0.29) is 12.5 Å². The van der Waals surface area contributed by atoms with Gasteiger partial charge in [0.05, 0.1) is 14.2 Å². The molecule has 0 radical (unpaired) electrons. The maximum atomic E-state index is 12.6. The number of nitrogens with zero attached hydrogens (tertiary/aromatic N) is 2. The molecule has 1 amide bonds. The van der Waals surface area contributed by atoms with E-state index in [1.54, 1.807) is 14.2 Å². The fourth-order valence-corrected chi connectivity index (χ4v) is 4.58. The van der Waals surface area contributed by atoms with Crippen LogP contribution in [0.1, 0.15) is 38.2 Å². The Hall–Kier alpha value is -2.28. The summed E-state index contributed by atoms with van der Waals surface area (Å²) in [7, 11) is 3.30. The lowest BCUT2D eigenvalue weighted by molar-refractivity contribution is -0.151. The minimum Gasteiger partial charge on any atom is -0.493 e. The van der Waals surface area contributed by atoms with Crippen LogP contribution in [0, 0.1) is 5.92 Å². The predicted molar refractivity (Wildman–Crippen MR) is 107 cm³/mol. The lowest BCUT2D eigenvalue weighted by Crippen LogP contribution is -2.51. The van der Waals surface area contributed by atoms with E-state index >= 15 is 0 Å². The van der Waals surface area contributed by atoms with Crippen molar-refractivity contribution in [1.82, 2.24) is 9.80 Å². The van der Waals surface area contributed by atoms with Gasteiger partial charge in [-0.15, -0.1) is 0 Å². The first-order valence-electron chi connectivity index (χ1n) is 10.4. The van der Waals surface area contributed by atoms with E-state index in [2.05, 4.69) is 11.0 Å². The quantitative estimate of drug-likeness (QED) is 0.621. The first kappa shape index (κ1) is 20.0. The molecule has 1 aliphatic heterocycles. The number of hydrogen-bond acceptors (Lipinski definition) is 6. The van der Waals surface area contributed by atoms with E-state index in [4.69, 9.17) is 14.2 Å². The molecule has 1 saturated heterocycles. The number of rotatable bonds is 8. The van der Waals surface area contributed by atoms with Crippen molar-refractivity contribution < 1.29 is 23.8 Å². The first-order chi connectivity index (χ1) is 14.0. The van der Waals surface area contributed by atoms with Crippen molar-refractivity contribution >= 4 is 11.9 Å².